The van der Waals surface area contributed by atoms with Gasteiger partial charge < -0.3 is 10.6 Å². The molecular formula is C19H21N3O4S. The number of carbonyl (C=O) groups excluding carboxylic acids is 2. The Bertz CT molecular complexity index is 925. The fourth-order valence-electron chi connectivity index (χ4n) is 2.44. The number of carbonyl (C=O) groups is 2. The zero-order valence-corrected chi connectivity index (χ0v) is 15.5. The van der Waals surface area contributed by atoms with E-state index < -0.39 is 15.9 Å². The third kappa shape index (κ3) is 5.38. The van der Waals surface area contributed by atoms with E-state index in [0.717, 1.165) is 12.8 Å². The van der Waals surface area contributed by atoms with E-state index in [1.54, 1.807) is 30.3 Å². The third-order valence-corrected chi connectivity index (χ3v) is 5.56. The molecular weight excluding hydrogens is 366 g/mol. The van der Waals surface area contributed by atoms with E-state index in [1.165, 1.54) is 18.2 Å². The molecule has 1 fully saturated rings. The van der Waals surface area contributed by atoms with Crippen molar-refractivity contribution in [3.63, 3.8) is 0 Å². The largest absolute Gasteiger partial charge is 0.350 e. The van der Waals surface area contributed by atoms with Gasteiger partial charge in [-0.3, -0.25) is 9.59 Å². The van der Waals surface area contributed by atoms with Crippen LogP contribution in [-0.2, 0) is 10.0 Å². The van der Waals surface area contributed by atoms with Crippen LogP contribution in [-0.4, -0.2) is 39.4 Å². The highest BCUT2D eigenvalue weighted by Crippen LogP contribution is 2.22. The second kappa shape index (κ2) is 8.32. The topological polar surface area (TPSA) is 104 Å². The molecule has 7 nitrogen and oxygen atoms in total. The summed E-state index contributed by atoms with van der Waals surface area (Å²) in [5.74, 6) is -0.614. The van der Waals surface area contributed by atoms with Crippen LogP contribution in [0.5, 0.6) is 0 Å². The van der Waals surface area contributed by atoms with E-state index in [2.05, 4.69) is 15.4 Å². The normalized spacial score (nSPS) is 13.8. The summed E-state index contributed by atoms with van der Waals surface area (Å²) in [7, 11) is -3.61. The molecule has 1 aliphatic rings. The number of sulfonamides is 1. The van der Waals surface area contributed by atoms with Crippen LogP contribution in [0.2, 0.25) is 0 Å². The fourth-order valence-corrected chi connectivity index (χ4v) is 3.79. The maximum absolute atomic E-state index is 12.2. The van der Waals surface area contributed by atoms with Crippen molar-refractivity contribution in [1.82, 2.24) is 15.4 Å². The van der Waals surface area contributed by atoms with E-state index in [-0.39, 0.29) is 35.5 Å². The van der Waals surface area contributed by atoms with Crippen molar-refractivity contribution in [3.8, 4) is 0 Å². The van der Waals surface area contributed by atoms with Crippen molar-refractivity contribution < 1.29 is 18.0 Å². The molecule has 27 heavy (non-hydrogen) atoms. The molecule has 0 aliphatic heterocycles. The average molecular weight is 387 g/mol. The molecule has 8 heteroatoms. The Labute approximate surface area is 158 Å². The predicted molar refractivity (Wildman–Crippen MR) is 101 cm³/mol. The maximum atomic E-state index is 12.2. The molecule has 0 radical (unpaired) electrons. The zero-order chi connectivity index (χ0) is 19.3. The Morgan fingerprint density at radius 1 is 0.852 bits per heavy atom. The number of benzene rings is 2. The molecule has 0 atom stereocenters. The Kier molecular flexibility index (Phi) is 5.88. The number of amides is 2. The number of hydrogen-bond acceptors (Lipinski definition) is 4. The molecule has 2 amide bonds. The lowest BCUT2D eigenvalue weighted by molar-refractivity contribution is 0.0927. The lowest BCUT2D eigenvalue weighted by Gasteiger charge is -2.09. The molecule has 0 aromatic heterocycles. The monoisotopic (exact) mass is 387 g/mol. The lowest BCUT2D eigenvalue weighted by atomic mass is 10.2. The molecule has 0 saturated heterocycles. The number of nitrogens with one attached hydrogen (secondary N) is 3. The van der Waals surface area contributed by atoms with Gasteiger partial charge in [0.15, 0.2) is 0 Å². The Morgan fingerprint density at radius 3 is 2.07 bits per heavy atom. The minimum atomic E-state index is -3.61. The molecule has 1 saturated carbocycles. The van der Waals surface area contributed by atoms with Gasteiger partial charge in [0.25, 0.3) is 11.8 Å². The van der Waals surface area contributed by atoms with Gasteiger partial charge in [-0.1, -0.05) is 24.3 Å². The van der Waals surface area contributed by atoms with Crippen molar-refractivity contribution in [3.05, 3.63) is 65.7 Å². The summed E-state index contributed by atoms with van der Waals surface area (Å²) in [6.45, 7) is 0.495. The van der Waals surface area contributed by atoms with Crippen molar-refractivity contribution >= 4 is 21.8 Å². The van der Waals surface area contributed by atoms with Crippen molar-refractivity contribution in [2.75, 3.05) is 13.1 Å². The SMILES string of the molecule is O=C(NCCNC(=O)c1cccc(S(=O)(=O)NC2CC2)c1)c1ccccc1. The summed E-state index contributed by atoms with van der Waals surface area (Å²) < 4.78 is 27.1. The van der Waals surface area contributed by atoms with Crippen molar-refractivity contribution in [2.24, 2.45) is 0 Å². The highest BCUT2D eigenvalue weighted by Gasteiger charge is 2.28. The van der Waals surface area contributed by atoms with E-state index in [9.17, 15) is 18.0 Å². The summed E-state index contributed by atoms with van der Waals surface area (Å²) in [6, 6.07) is 14.7. The van der Waals surface area contributed by atoms with Gasteiger partial charge in [0.2, 0.25) is 10.0 Å². The fraction of sp³-hybridized carbons (Fsp3) is 0.263. The first-order valence-corrected chi connectivity index (χ1v) is 10.2. The van der Waals surface area contributed by atoms with Crippen LogP contribution in [0, 0.1) is 0 Å². The molecule has 2 aromatic rings. The third-order valence-electron chi connectivity index (χ3n) is 4.04. The lowest BCUT2D eigenvalue weighted by Crippen LogP contribution is -2.34. The second-order valence-electron chi connectivity index (χ2n) is 6.30. The highest BCUT2D eigenvalue weighted by atomic mass is 32.2. The van der Waals surface area contributed by atoms with Crippen LogP contribution >= 0.6 is 0 Å². The molecule has 3 N–H and O–H groups in total. The zero-order valence-electron chi connectivity index (χ0n) is 14.6. The van der Waals surface area contributed by atoms with E-state index >= 15 is 0 Å². The summed E-state index contributed by atoms with van der Waals surface area (Å²) in [6.07, 6.45) is 1.68. The maximum Gasteiger partial charge on any atom is 0.251 e. The first kappa shape index (κ1) is 19.1. The van der Waals surface area contributed by atoms with Crippen LogP contribution < -0.4 is 15.4 Å². The van der Waals surface area contributed by atoms with Crippen LogP contribution in [0.25, 0.3) is 0 Å². The van der Waals surface area contributed by atoms with E-state index in [0.29, 0.717) is 5.56 Å². The first-order valence-electron chi connectivity index (χ1n) is 8.69. The minimum absolute atomic E-state index is 0.000656. The van der Waals surface area contributed by atoms with Gasteiger partial charge in [0.1, 0.15) is 0 Å². The van der Waals surface area contributed by atoms with Crippen LogP contribution in [0.1, 0.15) is 33.6 Å². The Balaban J connectivity index is 1.51. The van der Waals surface area contributed by atoms with Gasteiger partial charge in [0.05, 0.1) is 4.90 Å². The van der Waals surface area contributed by atoms with Crippen LogP contribution in [0.15, 0.2) is 59.5 Å². The molecule has 3 rings (SSSR count). The molecule has 1 aliphatic carbocycles. The Hall–Kier alpha value is -2.71. The summed E-state index contributed by atoms with van der Waals surface area (Å²) >= 11 is 0. The number of rotatable bonds is 8. The van der Waals surface area contributed by atoms with Crippen molar-refractivity contribution in [1.29, 1.82) is 0 Å². The molecule has 0 spiro atoms. The summed E-state index contributed by atoms with van der Waals surface area (Å²) in [5, 5.41) is 5.38. The highest BCUT2D eigenvalue weighted by molar-refractivity contribution is 7.89. The molecule has 2 aromatic carbocycles. The van der Waals surface area contributed by atoms with Gasteiger partial charge in [0, 0.05) is 30.3 Å². The quantitative estimate of drug-likeness (QED) is 0.594. The van der Waals surface area contributed by atoms with Gasteiger partial charge >= 0.3 is 0 Å². The standard InChI is InChI=1S/C19H21N3O4S/c23-18(14-5-2-1-3-6-14)20-11-12-21-19(24)15-7-4-8-17(13-15)27(25,26)22-16-9-10-16/h1-8,13,16,22H,9-12H2,(H,20,23)(H,21,24). The summed E-state index contributed by atoms with van der Waals surface area (Å²) in [4.78, 5) is 24.2. The minimum Gasteiger partial charge on any atom is -0.350 e. The molecule has 0 bridgehead atoms. The van der Waals surface area contributed by atoms with Crippen molar-refractivity contribution in [2.45, 2.75) is 23.8 Å². The second-order valence-corrected chi connectivity index (χ2v) is 8.02. The van der Waals surface area contributed by atoms with Crippen LogP contribution in [0.4, 0.5) is 0 Å². The van der Waals surface area contributed by atoms with Gasteiger partial charge in [-0.15, -0.1) is 0 Å². The van der Waals surface area contributed by atoms with Gasteiger partial charge in [-0.2, -0.15) is 0 Å². The smallest absolute Gasteiger partial charge is 0.251 e. The number of hydrogen-bond donors (Lipinski definition) is 3. The van der Waals surface area contributed by atoms with Crippen LogP contribution in [0.3, 0.4) is 0 Å². The molecule has 142 valence electrons. The molecule has 0 unspecified atom stereocenters. The molecule has 0 heterocycles. The predicted octanol–water partition coefficient (Wildman–Crippen LogP) is 1.29. The summed E-state index contributed by atoms with van der Waals surface area (Å²) in [5.41, 5.74) is 0.799. The Morgan fingerprint density at radius 2 is 1.44 bits per heavy atom. The van der Waals surface area contributed by atoms with E-state index in [1.807, 2.05) is 6.07 Å². The van der Waals surface area contributed by atoms with Gasteiger partial charge in [-0.05, 0) is 43.2 Å². The van der Waals surface area contributed by atoms with Gasteiger partial charge in [-0.25, -0.2) is 13.1 Å². The first-order chi connectivity index (χ1) is 13.0. The van der Waals surface area contributed by atoms with E-state index in [4.69, 9.17) is 0 Å². The average Bonchev–Trinajstić information content (AvgIpc) is 3.49.